The van der Waals surface area contributed by atoms with Crippen molar-refractivity contribution in [3.8, 4) is 23.0 Å². The molecule has 0 heterocycles. The van der Waals surface area contributed by atoms with Gasteiger partial charge in [0.05, 0.1) is 6.61 Å². The van der Waals surface area contributed by atoms with Crippen LogP contribution in [0, 0.1) is 6.92 Å². The predicted octanol–water partition coefficient (Wildman–Crippen LogP) is 5.68. The van der Waals surface area contributed by atoms with Crippen molar-refractivity contribution in [2.24, 2.45) is 0 Å². The molecule has 1 unspecified atom stereocenters. The summed E-state index contributed by atoms with van der Waals surface area (Å²) in [5, 5.41) is 0. The lowest BCUT2D eigenvalue weighted by molar-refractivity contribution is -0.158. The van der Waals surface area contributed by atoms with Crippen molar-refractivity contribution in [1.29, 1.82) is 0 Å². The van der Waals surface area contributed by atoms with Gasteiger partial charge in [-0.15, -0.1) is 0 Å². The number of aryl methyl sites for hydroxylation is 1. The Morgan fingerprint density at radius 1 is 0.838 bits per heavy atom. The summed E-state index contributed by atoms with van der Waals surface area (Å²) in [4.78, 5) is 12.2. The fourth-order valence-electron chi connectivity index (χ4n) is 3.20. The van der Waals surface area contributed by atoms with Gasteiger partial charge in [0.15, 0.2) is 5.60 Å². The van der Waals surface area contributed by atoms with Gasteiger partial charge in [-0.05, 0) is 76.2 Å². The van der Waals surface area contributed by atoms with Gasteiger partial charge in [0.2, 0.25) is 6.29 Å². The van der Waals surface area contributed by atoms with Crippen LogP contribution in [-0.2, 0) is 19.6 Å². The first-order chi connectivity index (χ1) is 17.5. The van der Waals surface area contributed by atoms with Crippen molar-refractivity contribution in [3.05, 3.63) is 78.4 Å². The highest BCUT2D eigenvalue weighted by Crippen LogP contribution is 2.27. The van der Waals surface area contributed by atoms with Crippen LogP contribution in [0.5, 0.6) is 23.0 Å². The topological polar surface area (TPSA) is 97.4 Å². The molecule has 3 aromatic carbocycles. The van der Waals surface area contributed by atoms with E-state index in [9.17, 15) is 13.2 Å². The molecular weight excluding hydrogens is 496 g/mol. The molecule has 0 radical (unpaired) electrons. The highest BCUT2D eigenvalue weighted by molar-refractivity contribution is 7.87. The summed E-state index contributed by atoms with van der Waals surface area (Å²) in [6.07, 6.45) is -0.101. The molecule has 0 spiro atoms. The molecule has 3 aromatic rings. The summed E-state index contributed by atoms with van der Waals surface area (Å²) >= 11 is 0. The smallest absolute Gasteiger partial charge is 0.349 e. The highest BCUT2D eigenvalue weighted by atomic mass is 32.2. The molecule has 9 heteroatoms. The Hall–Kier alpha value is -3.72. The number of esters is 1. The second-order valence-corrected chi connectivity index (χ2v) is 10.2. The van der Waals surface area contributed by atoms with Crippen LogP contribution in [0.4, 0.5) is 0 Å². The number of benzene rings is 3. The van der Waals surface area contributed by atoms with Gasteiger partial charge in [-0.3, -0.25) is 0 Å². The van der Waals surface area contributed by atoms with Gasteiger partial charge < -0.3 is 23.1 Å². The van der Waals surface area contributed by atoms with Gasteiger partial charge in [0.1, 0.15) is 27.9 Å². The van der Waals surface area contributed by atoms with Crippen LogP contribution in [0.15, 0.2) is 77.7 Å². The molecule has 0 aliphatic carbocycles. The van der Waals surface area contributed by atoms with Crippen LogP contribution < -0.4 is 18.4 Å². The molecule has 0 saturated heterocycles. The molecule has 0 aliphatic rings. The number of carbonyl (C=O) groups is 1. The molecule has 0 bridgehead atoms. The van der Waals surface area contributed by atoms with Crippen molar-refractivity contribution in [2.45, 2.75) is 57.8 Å². The third-order valence-electron chi connectivity index (χ3n) is 5.15. The van der Waals surface area contributed by atoms with E-state index in [1.165, 1.54) is 24.3 Å². The lowest BCUT2D eigenvalue weighted by atomic mass is 10.1. The molecule has 37 heavy (non-hydrogen) atoms. The Morgan fingerprint density at radius 3 is 2.05 bits per heavy atom. The predicted molar refractivity (Wildman–Crippen MR) is 139 cm³/mol. The summed E-state index contributed by atoms with van der Waals surface area (Å²) in [5.74, 6) is 1.11. The monoisotopic (exact) mass is 528 g/mol. The Bertz CT molecular complexity index is 1280. The van der Waals surface area contributed by atoms with Gasteiger partial charge in [0, 0.05) is 12.5 Å². The molecule has 0 fully saturated rings. The Morgan fingerprint density at radius 2 is 1.43 bits per heavy atom. The van der Waals surface area contributed by atoms with E-state index in [2.05, 4.69) is 0 Å². The minimum atomic E-state index is -3.94. The van der Waals surface area contributed by atoms with Gasteiger partial charge in [0.25, 0.3) is 0 Å². The van der Waals surface area contributed by atoms with E-state index in [4.69, 9.17) is 23.1 Å². The maximum atomic E-state index is 12.5. The lowest BCUT2D eigenvalue weighted by Crippen LogP contribution is -2.39. The SMILES string of the molecule is CCOC(=O)C(C)(C)Oc1cccc(OC(CC)Oc2ccc(OS(=O)(=O)c3ccc(C)cc3)cc2)c1. The van der Waals surface area contributed by atoms with E-state index in [1.807, 2.05) is 13.8 Å². The van der Waals surface area contributed by atoms with Gasteiger partial charge >= 0.3 is 16.1 Å². The molecule has 1 atom stereocenters. The highest BCUT2D eigenvalue weighted by Gasteiger charge is 2.31. The van der Waals surface area contributed by atoms with Crippen LogP contribution in [0.25, 0.3) is 0 Å². The minimum absolute atomic E-state index is 0.0785. The zero-order valence-corrected chi connectivity index (χ0v) is 22.4. The number of hydrogen-bond acceptors (Lipinski definition) is 8. The zero-order valence-electron chi connectivity index (χ0n) is 21.6. The van der Waals surface area contributed by atoms with E-state index < -0.39 is 28.0 Å². The first kappa shape index (κ1) is 27.9. The quantitative estimate of drug-likeness (QED) is 0.168. The van der Waals surface area contributed by atoms with Crippen LogP contribution in [-0.4, -0.2) is 32.9 Å². The molecule has 3 rings (SSSR count). The van der Waals surface area contributed by atoms with Crippen LogP contribution in [0.2, 0.25) is 0 Å². The van der Waals surface area contributed by atoms with Gasteiger partial charge in [-0.2, -0.15) is 8.42 Å². The average Bonchev–Trinajstić information content (AvgIpc) is 2.85. The normalized spacial score (nSPS) is 12.4. The van der Waals surface area contributed by atoms with E-state index in [-0.39, 0.29) is 17.3 Å². The average molecular weight is 529 g/mol. The Balaban J connectivity index is 1.63. The minimum Gasteiger partial charge on any atom is -0.476 e. The van der Waals surface area contributed by atoms with Gasteiger partial charge in [-0.1, -0.05) is 30.7 Å². The maximum Gasteiger partial charge on any atom is 0.349 e. The van der Waals surface area contributed by atoms with Crippen molar-refractivity contribution < 1.29 is 36.3 Å². The van der Waals surface area contributed by atoms with E-state index in [0.29, 0.717) is 23.7 Å². The number of carbonyl (C=O) groups excluding carboxylic acids is 1. The summed E-state index contributed by atoms with van der Waals surface area (Å²) in [5.41, 5.74) is -0.209. The summed E-state index contributed by atoms with van der Waals surface area (Å²) in [6, 6.07) is 19.6. The number of ether oxygens (including phenoxy) is 4. The number of rotatable bonds is 12. The summed E-state index contributed by atoms with van der Waals surface area (Å²) < 4.78 is 53.0. The fourth-order valence-corrected chi connectivity index (χ4v) is 4.13. The first-order valence-corrected chi connectivity index (χ1v) is 13.3. The van der Waals surface area contributed by atoms with Crippen molar-refractivity contribution in [2.75, 3.05) is 6.61 Å². The summed E-state index contributed by atoms with van der Waals surface area (Å²) in [6.45, 7) is 9.05. The maximum absolute atomic E-state index is 12.5. The van der Waals surface area contributed by atoms with E-state index in [1.54, 1.807) is 69.3 Å². The molecular formula is C28H32O8S. The van der Waals surface area contributed by atoms with Crippen molar-refractivity contribution in [3.63, 3.8) is 0 Å². The second kappa shape index (κ2) is 12.0. The molecule has 0 aromatic heterocycles. The third kappa shape index (κ3) is 7.88. The summed E-state index contributed by atoms with van der Waals surface area (Å²) in [7, 11) is -3.94. The molecule has 8 nitrogen and oxygen atoms in total. The third-order valence-corrected chi connectivity index (χ3v) is 6.41. The standard InChI is InChI=1S/C28H32O8S/c1-6-26(34-23-9-8-10-24(19-23)35-28(4,5)27(29)32-7-2)33-21-13-15-22(16-14-21)36-37(30,31)25-17-11-20(3)12-18-25/h8-19,26H,6-7H2,1-5H3. The van der Waals surface area contributed by atoms with Crippen LogP contribution in [0.3, 0.4) is 0 Å². The first-order valence-electron chi connectivity index (χ1n) is 11.9. The largest absolute Gasteiger partial charge is 0.476 e. The lowest BCUT2D eigenvalue weighted by Gasteiger charge is -2.25. The fraction of sp³-hybridized carbons (Fsp3) is 0.321. The second-order valence-electron chi connectivity index (χ2n) is 8.70. The van der Waals surface area contributed by atoms with Gasteiger partial charge in [-0.25, -0.2) is 4.79 Å². The molecule has 198 valence electrons. The van der Waals surface area contributed by atoms with Crippen molar-refractivity contribution in [1.82, 2.24) is 0 Å². The Labute approximate surface area is 218 Å². The molecule has 0 amide bonds. The van der Waals surface area contributed by atoms with E-state index in [0.717, 1.165) is 5.56 Å². The molecule has 0 saturated carbocycles. The number of hydrogen-bond donors (Lipinski definition) is 0. The van der Waals surface area contributed by atoms with Crippen LogP contribution in [0.1, 0.15) is 39.7 Å². The molecule has 0 N–H and O–H groups in total. The van der Waals surface area contributed by atoms with Crippen molar-refractivity contribution >= 4 is 16.1 Å². The molecule has 0 aliphatic heterocycles. The zero-order chi connectivity index (χ0) is 27.1. The Kier molecular flexibility index (Phi) is 9.04. The van der Waals surface area contributed by atoms with E-state index >= 15 is 0 Å². The van der Waals surface area contributed by atoms with Crippen LogP contribution >= 0.6 is 0 Å².